The predicted octanol–water partition coefficient (Wildman–Crippen LogP) is 2.23. The van der Waals surface area contributed by atoms with E-state index in [9.17, 15) is 13.2 Å². The summed E-state index contributed by atoms with van der Waals surface area (Å²) in [5.41, 5.74) is 1.05. The van der Waals surface area contributed by atoms with Gasteiger partial charge in [-0.3, -0.25) is 4.79 Å². The summed E-state index contributed by atoms with van der Waals surface area (Å²) in [4.78, 5) is 14.4. The number of rotatable bonds is 5. The predicted molar refractivity (Wildman–Crippen MR) is 99.5 cm³/mol. The maximum Gasteiger partial charge on any atom is 0.223 e. The Morgan fingerprint density at radius 2 is 1.92 bits per heavy atom. The molecule has 0 bridgehead atoms. The fraction of sp³-hybridized carbons (Fsp3) is 0.632. The lowest BCUT2D eigenvalue weighted by molar-refractivity contribution is -0.132. The average Bonchev–Trinajstić information content (AvgIpc) is 2.98. The molecule has 1 saturated heterocycles. The maximum absolute atomic E-state index is 12.8. The van der Waals surface area contributed by atoms with Crippen LogP contribution in [0.15, 0.2) is 18.2 Å². The zero-order valence-corrected chi connectivity index (χ0v) is 16.4. The van der Waals surface area contributed by atoms with Crippen molar-refractivity contribution in [1.29, 1.82) is 0 Å². The van der Waals surface area contributed by atoms with Gasteiger partial charge in [0.25, 0.3) is 0 Å². The van der Waals surface area contributed by atoms with E-state index in [1.807, 2.05) is 18.2 Å². The van der Waals surface area contributed by atoms with Crippen LogP contribution < -0.4 is 9.47 Å². The molecule has 1 amide bonds. The van der Waals surface area contributed by atoms with Gasteiger partial charge in [-0.25, -0.2) is 8.42 Å². The van der Waals surface area contributed by atoms with E-state index < -0.39 is 9.84 Å². The molecule has 0 N–H and O–H groups in total. The molecule has 2 unspecified atom stereocenters. The van der Waals surface area contributed by atoms with Crippen molar-refractivity contribution >= 4 is 15.7 Å². The van der Waals surface area contributed by atoms with Crippen molar-refractivity contribution in [3.05, 3.63) is 23.8 Å². The number of ether oxygens (including phenoxy) is 2. The molecule has 1 fully saturated rings. The van der Waals surface area contributed by atoms with Gasteiger partial charge >= 0.3 is 0 Å². The molecule has 7 heteroatoms. The second kappa shape index (κ2) is 7.47. The van der Waals surface area contributed by atoms with Gasteiger partial charge in [0.15, 0.2) is 21.3 Å². The first-order valence-corrected chi connectivity index (χ1v) is 10.9. The van der Waals surface area contributed by atoms with Gasteiger partial charge < -0.3 is 14.4 Å². The van der Waals surface area contributed by atoms with Gasteiger partial charge in [0, 0.05) is 19.5 Å². The SMILES string of the molecule is CC(C)C(CC(=O)N(C)C1CCS(=O)(=O)C1)c1ccc2c(c1)OCCO2. The Hall–Kier alpha value is -1.76. The molecule has 2 aliphatic heterocycles. The number of carbonyl (C=O) groups is 1. The topological polar surface area (TPSA) is 72.9 Å². The summed E-state index contributed by atoms with van der Waals surface area (Å²) in [5.74, 6) is 2.00. The molecule has 0 spiro atoms. The summed E-state index contributed by atoms with van der Waals surface area (Å²) in [7, 11) is -1.29. The first-order valence-electron chi connectivity index (χ1n) is 9.12. The average molecular weight is 381 g/mol. The highest BCUT2D eigenvalue weighted by Gasteiger charge is 2.34. The van der Waals surface area contributed by atoms with E-state index in [1.54, 1.807) is 11.9 Å². The van der Waals surface area contributed by atoms with Crippen LogP contribution in [0.5, 0.6) is 11.5 Å². The second-order valence-electron chi connectivity index (χ2n) is 7.52. The summed E-state index contributed by atoms with van der Waals surface area (Å²) < 4.78 is 34.6. The van der Waals surface area contributed by atoms with Gasteiger partial charge in [-0.15, -0.1) is 0 Å². The van der Waals surface area contributed by atoms with E-state index in [-0.39, 0.29) is 35.3 Å². The summed E-state index contributed by atoms with van der Waals surface area (Å²) in [5, 5.41) is 0. The number of hydrogen-bond acceptors (Lipinski definition) is 5. The third-order valence-electron chi connectivity index (χ3n) is 5.34. The standard InChI is InChI=1S/C19H27NO5S/c1-13(2)16(14-4-5-17-18(10-14)25-8-7-24-17)11-19(21)20(3)15-6-9-26(22,23)12-15/h4-5,10,13,15-16H,6-9,11-12H2,1-3H3. The molecule has 0 saturated carbocycles. The minimum atomic E-state index is -3.01. The third kappa shape index (κ3) is 4.14. The Labute approximate surface area is 155 Å². The molecular formula is C19H27NO5S. The Kier molecular flexibility index (Phi) is 5.46. The van der Waals surface area contributed by atoms with E-state index >= 15 is 0 Å². The highest BCUT2D eigenvalue weighted by atomic mass is 32.2. The molecule has 2 atom stereocenters. The van der Waals surface area contributed by atoms with E-state index in [0.717, 1.165) is 17.1 Å². The van der Waals surface area contributed by atoms with Crippen LogP contribution in [0.4, 0.5) is 0 Å². The molecule has 0 aromatic heterocycles. The number of amides is 1. The van der Waals surface area contributed by atoms with Gasteiger partial charge in [0.05, 0.1) is 11.5 Å². The third-order valence-corrected chi connectivity index (χ3v) is 7.09. The lowest BCUT2D eigenvalue weighted by atomic mass is 9.85. The van der Waals surface area contributed by atoms with Crippen LogP contribution in [0.25, 0.3) is 0 Å². The van der Waals surface area contributed by atoms with Crippen molar-refractivity contribution in [1.82, 2.24) is 4.90 Å². The number of benzene rings is 1. The number of carbonyl (C=O) groups excluding carboxylic acids is 1. The monoisotopic (exact) mass is 381 g/mol. The van der Waals surface area contributed by atoms with Crippen molar-refractivity contribution in [3.8, 4) is 11.5 Å². The van der Waals surface area contributed by atoms with Crippen LogP contribution in [-0.4, -0.2) is 57.0 Å². The van der Waals surface area contributed by atoms with Gasteiger partial charge in [-0.1, -0.05) is 19.9 Å². The van der Waals surface area contributed by atoms with Crippen LogP contribution in [0, 0.1) is 5.92 Å². The molecule has 0 radical (unpaired) electrons. The first kappa shape index (κ1) is 19.0. The fourth-order valence-corrected chi connectivity index (χ4v) is 5.42. The van der Waals surface area contributed by atoms with Crippen LogP contribution in [-0.2, 0) is 14.6 Å². The number of sulfone groups is 1. The Balaban J connectivity index is 1.73. The van der Waals surface area contributed by atoms with Crippen molar-refractivity contribution in [2.45, 2.75) is 38.6 Å². The molecule has 26 heavy (non-hydrogen) atoms. The van der Waals surface area contributed by atoms with Crippen LogP contribution in [0.3, 0.4) is 0 Å². The summed E-state index contributed by atoms with van der Waals surface area (Å²) in [6.07, 6.45) is 0.880. The summed E-state index contributed by atoms with van der Waals surface area (Å²) >= 11 is 0. The molecule has 0 aliphatic carbocycles. The Morgan fingerprint density at radius 1 is 1.23 bits per heavy atom. The van der Waals surface area contributed by atoms with Crippen molar-refractivity contribution in [3.63, 3.8) is 0 Å². The number of nitrogens with zero attached hydrogens (tertiary/aromatic N) is 1. The first-order chi connectivity index (χ1) is 12.3. The lowest BCUT2D eigenvalue weighted by Gasteiger charge is -2.28. The highest BCUT2D eigenvalue weighted by molar-refractivity contribution is 7.91. The van der Waals surface area contributed by atoms with E-state index in [4.69, 9.17) is 9.47 Å². The van der Waals surface area contributed by atoms with Crippen molar-refractivity contribution < 1.29 is 22.7 Å². The largest absolute Gasteiger partial charge is 0.486 e. The molecule has 2 aliphatic rings. The van der Waals surface area contributed by atoms with Gasteiger partial charge in [-0.05, 0) is 36.0 Å². The van der Waals surface area contributed by atoms with Crippen molar-refractivity contribution in [2.24, 2.45) is 5.92 Å². The number of fused-ring (bicyclic) bond motifs is 1. The van der Waals surface area contributed by atoms with Crippen LogP contribution in [0.1, 0.15) is 38.2 Å². The molecule has 144 valence electrons. The van der Waals surface area contributed by atoms with Crippen LogP contribution >= 0.6 is 0 Å². The quantitative estimate of drug-likeness (QED) is 0.782. The zero-order valence-electron chi connectivity index (χ0n) is 15.6. The zero-order chi connectivity index (χ0) is 18.9. The normalized spacial score (nSPS) is 22.2. The molecule has 3 rings (SSSR count). The molecule has 1 aromatic rings. The molecule has 6 nitrogen and oxygen atoms in total. The van der Waals surface area contributed by atoms with E-state index in [2.05, 4.69) is 13.8 Å². The van der Waals surface area contributed by atoms with Crippen LogP contribution in [0.2, 0.25) is 0 Å². The molecule has 2 heterocycles. The second-order valence-corrected chi connectivity index (χ2v) is 9.75. The highest BCUT2D eigenvalue weighted by Crippen LogP contribution is 2.37. The minimum Gasteiger partial charge on any atom is -0.486 e. The Morgan fingerprint density at radius 3 is 2.54 bits per heavy atom. The Bertz CT molecular complexity index is 774. The van der Waals surface area contributed by atoms with E-state index in [0.29, 0.717) is 26.1 Å². The van der Waals surface area contributed by atoms with E-state index in [1.165, 1.54) is 0 Å². The molecule has 1 aromatic carbocycles. The summed E-state index contributed by atoms with van der Waals surface area (Å²) in [6, 6.07) is 5.65. The minimum absolute atomic E-state index is 0.0133. The smallest absolute Gasteiger partial charge is 0.223 e. The van der Waals surface area contributed by atoms with Gasteiger partial charge in [0.1, 0.15) is 13.2 Å². The van der Waals surface area contributed by atoms with Gasteiger partial charge in [0.2, 0.25) is 5.91 Å². The maximum atomic E-state index is 12.8. The summed E-state index contributed by atoms with van der Waals surface area (Å²) in [6.45, 7) is 5.26. The van der Waals surface area contributed by atoms with Gasteiger partial charge in [-0.2, -0.15) is 0 Å². The lowest BCUT2D eigenvalue weighted by Crippen LogP contribution is -2.38. The molecular weight excluding hydrogens is 354 g/mol. The number of hydrogen-bond donors (Lipinski definition) is 0. The van der Waals surface area contributed by atoms with Crippen molar-refractivity contribution in [2.75, 3.05) is 31.8 Å². The fourth-order valence-electron chi connectivity index (χ4n) is 3.65.